The number of aliphatic carboxylic acids is 1. The maximum atomic E-state index is 13.7. The van der Waals surface area contributed by atoms with Gasteiger partial charge in [0.2, 0.25) is 0 Å². The fraction of sp³-hybridized carbons (Fsp3) is 0. The van der Waals surface area contributed by atoms with E-state index in [1.807, 2.05) is 0 Å². The van der Waals surface area contributed by atoms with E-state index in [0.29, 0.717) is 6.07 Å². The molecule has 0 aliphatic carbocycles. The maximum absolute atomic E-state index is 13.7. The van der Waals surface area contributed by atoms with Crippen LogP contribution >= 0.6 is 0 Å². The van der Waals surface area contributed by atoms with Crippen LogP contribution in [0.5, 0.6) is 11.5 Å². The van der Waals surface area contributed by atoms with E-state index in [1.54, 1.807) is 0 Å². The van der Waals surface area contributed by atoms with E-state index in [-0.39, 0.29) is 17.1 Å². The van der Waals surface area contributed by atoms with Crippen LogP contribution < -0.4 is 4.74 Å². The SMILES string of the molecule is O=C(O)/C=C/c1c(F)cccc1Oc1cc(F)cc(F)c1. The van der Waals surface area contributed by atoms with Crippen molar-refractivity contribution in [1.29, 1.82) is 0 Å². The summed E-state index contributed by atoms with van der Waals surface area (Å²) >= 11 is 0. The molecule has 2 rings (SSSR count). The highest BCUT2D eigenvalue weighted by atomic mass is 19.1. The lowest BCUT2D eigenvalue weighted by Crippen LogP contribution is -1.93. The van der Waals surface area contributed by atoms with Gasteiger partial charge < -0.3 is 9.84 Å². The molecule has 0 aliphatic rings. The van der Waals surface area contributed by atoms with Crippen LogP contribution in [0, 0.1) is 17.5 Å². The number of rotatable bonds is 4. The zero-order valence-electron chi connectivity index (χ0n) is 10.5. The van der Waals surface area contributed by atoms with Gasteiger partial charge in [0.1, 0.15) is 29.0 Å². The van der Waals surface area contributed by atoms with Crippen molar-refractivity contribution in [1.82, 2.24) is 0 Å². The van der Waals surface area contributed by atoms with Crippen molar-refractivity contribution in [3.8, 4) is 11.5 Å². The molecule has 0 unspecified atom stereocenters. The second-order valence-corrected chi connectivity index (χ2v) is 4.03. The second kappa shape index (κ2) is 6.13. The van der Waals surface area contributed by atoms with Crippen LogP contribution in [0.4, 0.5) is 13.2 Å². The van der Waals surface area contributed by atoms with Crippen molar-refractivity contribution in [2.45, 2.75) is 0 Å². The molecule has 0 aromatic heterocycles. The van der Waals surface area contributed by atoms with E-state index < -0.39 is 23.4 Å². The minimum atomic E-state index is -1.26. The summed E-state index contributed by atoms with van der Waals surface area (Å²) in [4.78, 5) is 10.5. The first-order valence-corrected chi connectivity index (χ1v) is 5.79. The average molecular weight is 294 g/mol. The van der Waals surface area contributed by atoms with Crippen LogP contribution in [0.25, 0.3) is 6.08 Å². The molecule has 0 aliphatic heterocycles. The van der Waals surface area contributed by atoms with E-state index >= 15 is 0 Å². The number of hydrogen-bond acceptors (Lipinski definition) is 2. The minimum Gasteiger partial charge on any atom is -0.478 e. The van der Waals surface area contributed by atoms with Gasteiger partial charge in [-0.25, -0.2) is 18.0 Å². The van der Waals surface area contributed by atoms with Crippen LogP contribution in [-0.4, -0.2) is 11.1 Å². The molecule has 0 fully saturated rings. The highest BCUT2D eigenvalue weighted by Gasteiger charge is 2.10. The standard InChI is InChI=1S/C15H9F3O3/c16-9-6-10(17)8-11(7-9)21-14-3-1-2-13(18)12(14)4-5-15(19)20/h1-8H,(H,19,20)/b5-4+. The molecule has 0 bridgehead atoms. The third-order valence-corrected chi connectivity index (χ3v) is 2.47. The van der Waals surface area contributed by atoms with Gasteiger partial charge in [-0.15, -0.1) is 0 Å². The van der Waals surface area contributed by atoms with Crippen molar-refractivity contribution in [3.05, 3.63) is 65.5 Å². The van der Waals surface area contributed by atoms with Gasteiger partial charge in [0, 0.05) is 24.3 Å². The quantitative estimate of drug-likeness (QED) is 0.867. The van der Waals surface area contributed by atoms with Crippen molar-refractivity contribution >= 4 is 12.0 Å². The molecule has 1 N–H and O–H groups in total. The summed E-state index contributed by atoms with van der Waals surface area (Å²) in [5.74, 6) is -3.89. The Morgan fingerprint density at radius 2 is 1.76 bits per heavy atom. The van der Waals surface area contributed by atoms with Crippen LogP contribution in [0.3, 0.4) is 0 Å². The van der Waals surface area contributed by atoms with E-state index in [9.17, 15) is 18.0 Å². The Labute approximate surface area is 117 Å². The number of carboxylic acids is 1. The monoisotopic (exact) mass is 294 g/mol. The predicted molar refractivity (Wildman–Crippen MR) is 69.5 cm³/mol. The molecule has 108 valence electrons. The molecule has 0 amide bonds. The van der Waals surface area contributed by atoms with E-state index in [0.717, 1.165) is 30.4 Å². The van der Waals surface area contributed by atoms with Crippen molar-refractivity contribution in [2.24, 2.45) is 0 Å². The lowest BCUT2D eigenvalue weighted by Gasteiger charge is -2.09. The second-order valence-electron chi connectivity index (χ2n) is 4.03. The van der Waals surface area contributed by atoms with Crippen molar-refractivity contribution in [3.63, 3.8) is 0 Å². The van der Waals surface area contributed by atoms with Crippen LogP contribution in [0.15, 0.2) is 42.5 Å². The summed E-state index contributed by atoms with van der Waals surface area (Å²) < 4.78 is 45.1. The molecular formula is C15H9F3O3. The molecule has 6 heteroatoms. The molecule has 0 spiro atoms. The summed E-state index contributed by atoms with van der Waals surface area (Å²) in [5.41, 5.74) is -0.135. The topological polar surface area (TPSA) is 46.5 Å². The Morgan fingerprint density at radius 1 is 1.10 bits per heavy atom. The number of hydrogen-bond donors (Lipinski definition) is 1. The predicted octanol–water partition coefficient (Wildman–Crippen LogP) is 3.99. The molecule has 2 aromatic carbocycles. The Hall–Kier alpha value is -2.76. The molecule has 0 radical (unpaired) electrons. The first kappa shape index (κ1) is 14.6. The normalized spacial score (nSPS) is 10.8. The van der Waals surface area contributed by atoms with Gasteiger partial charge in [0.15, 0.2) is 0 Å². The van der Waals surface area contributed by atoms with Gasteiger partial charge in [0.25, 0.3) is 0 Å². The number of carboxylic acid groups (broad SMARTS) is 1. The van der Waals surface area contributed by atoms with Crippen LogP contribution in [-0.2, 0) is 4.79 Å². The zero-order chi connectivity index (χ0) is 15.4. The highest BCUT2D eigenvalue weighted by molar-refractivity contribution is 5.86. The van der Waals surface area contributed by atoms with Gasteiger partial charge in [-0.2, -0.15) is 0 Å². The highest BCUT2D eigenvalue weighted by Crippen LogP contribution is 2.29. The summed E-state index contributed by atoms with van der Waals surface area (Å²) in [5, 5.41) is 8.57. The zero-order valence-corrected chi connectivity index (χ0v) is 10.5. The Kier molecular flexibility index (Phi) is 4.27. The smallest absolute Gasteiger partial charge is 0.328 e. The van der Waals surface area contributed by atoms with Gasteiger partial charge in [0.05, 0.1) is 5.56 Å². The third-order valence-electron chi connectivity index (χ3n) is 2.47. The molecule has 21 heavy (non-hydrogen) atoms. The third kappa shape index (κ3) is 3.85. The molecule has 0 atom stereocenters. The Balaban J connectivity index is 2.39. The van der Waals surface area contributed by atoms with Crippen LogP contribution in [0.1, 0.15) is 5.56 Å². The summed E-state index contributed by atoms with van der Waals surface area (Å²) in [6.07, 6.45) is 1.74. The van der Waals surface area contributed by atoms with Crippen molar-refractivity contribution < 1.29 is 27.8 Å². The number of carbonyl (C=O) groups is 1. The molecule has 0 saturated carbocycles. The first-order valence-electron chi connectivity index (χ1n) is 5.79. The first-order chi connectivity index (χ1) is 9.95. The summed E-state index contributed by atoms with van der Waals surface area (Å²) in [6.45, 7) is 0. The van der Waals surface area contributed by atoms with Gasteiger partial charge in [-0.3, -0.25) is 0 Å². The van der Waals surface area contributed by atoms with E-state index in [4.69, 9.17) is 9.84 Å². The summed E-state index contributed by atoms with van der Waals surface area (Å²) in [7, 11) is 0. The number of benzene rings is 2. The lowest BCUT2D eigenvalue weighted by atomic mass is 10.1. The van der Waals surface area contributed by atoms with Crippen LogP contribution in [0.2, 0.25) is 0 Å². The lowest BCUT2D eigenvalue weighted by molar-refractivity contribution is -0.131. The number of ether oxygens (including phenoxy) is 1. The fourth-order valence-electron chi connectivity index (χ4n) is 1.64. The van der Waals surface area contributed by atoms with Gasteiger partial charge in [-0.1, -0.05) is 6.07 Å². The Bertz CT molecular complexity index is 691. The molecule has 2 aromatic rings. The molecule has 0 saturated heterocycles. The molecule has 3 nitrogen and oxygen atoms in total. The number of halogens is 3. The molecule has 0 heterocycles. The summed E-state index contributed by atoms with van der Waals surface area (Å²) in [6, 6.07) is 6.33. The molecular weight excluding hydrogens is 285 g/mol. The van der Waals surface area contributed by atoms with E-state index in [2.05, 4.69) is 0 Å². The largest absolute Gasteiger partial charge is 0.478 e. The Morgan fingerprint density at radius 3 is 2.38 bits per heavy atom. The average Bonchev–Trinajstić information content (AvgIpc) is 2.36. The van der Waals surface area contributed by atoms with Gasteiger partial charge >= 0.3 is 5.97 Å². The van der Waals surface area contributed by atoms with Gasteiger partial charge in [-0.05, 0) is 18.2 Å². The van der Waals surface area contributed by atoms with Crippen molar-refractivity contribution in [2.75, 3.05) is 0 Å². The minimum absolute atomic E-state index is 0.0579. The maximum Gasteiger partial charge on any atom is 0.328 e. The fourth-order valence-corrected chi connectivity index (χ4v) is 1.64. The van der Waals surface area contributed by atoms with E-state index in [1.165, 1.54) is 12.1 Å².